The van der Waals surface area contributed by atoms with Crippen LogP contribution >= 0.6 is 0 Å². The minimum atomic E-state index is -0.122. The molecule has 0 spiro atoms. The first kappa shape index (κ1) is 18.6. The zero-order valence-electron chi connectivity index (χ0n) is 16.0. The number of benzene rings is 1. The van der Waals surface area contributed by atoms with E-state index < -0.39 is 0 Å². The van der Waals surface area contributed by atoms with Gasteiger partial charge >= 0.3 is 0 Å². The molecule has 3 rings (SSSR count). The molecule has 0 radical (unpaired) electrons. The SMILES string of the molecule is CCN(CC)[C@H]1CCN(Cc2cccc(C(=O)Nc3nccn3C)c2)C1. The van der Waals surface area contributed by atoms with Gasteiger partial charge in [-0.1, -0.05) is 26.0 Å². The number of amides is 1. The molecule has 1 aliphatic rings. The van der Waals surface area contributed by atoms with Crippen LogP contribution in [-0.4, -0.2) is 57.5 Å². The van der Waals surface area contributed by atoms with Crippen molar-refractivity contribution in [1.29, 1.82) is 0 Å². The summed E-state index contributed by atoms with van der Waals surface area (Å²) in [5, 5.41) is 2.86. The van der Waals surface area contributed by atoms with Crippen LogP contribution in [0.25, 0.3) is 0 Å². The fourth-order valence-electron chi connectivity index (χ4n) is 3.72. The van der Waals surface area contributed by atoms with E-state index in [4.69, 9.17) is 0 Å². The van der Waals surface area contributed by atoms with E-state index in [2.05, 4.69) is 40.0 Å². The second kappa shape index (κ2) is 8.47. The number of nitrogens with one attached hydrogen (secondary N) is 1. The molecule has 1 saturated heterocycles. The molecular formula is C20H29N5O. The Kier molecular flexibility index (Phi) is 6.06. The fraction of sp³-hybridized carbons (Fsp3) is 0.500. The molecule has 0 saturated carbocycles. The number of nitrogens with zero attached hydrogens (tertiary/aromatic N) is 4. The van der Waals surface area contributed by atoms with E-state index in [9.17, 15) is 4.79 Å². The monoisotopic (exact) mass is 355 g/mol. The number of aryl methyl sites for hydroxylation is 1. The molecule has 1 aromatic carbocycles. The number of likely N-dealkylation sites (N-methyl/N-ethyl adjacent to an activating group) is 1. The standard InChI is InChI=1S/C20H29N5O/c1-4-25(5-2)18-9-11-24(15-18)14-16-7-6-8-17(13-16)19(26)22-20-21-10-12-23(20)3/h6-8,10,12-13,18H,4-5,9,11,14-15H2,1-3H3,(H,21,22,26)/t18-/m0/s1. The highest BCUT2D eigenvalue weighted by Gasteiger charge is 2.26. The topological polar surface area (TPSA) is 53.4 Å². The number of hydrogen-bond acceptors (Lipinski definition) is 4. The lowest BCUT2D eigenvalue weighted by molar-refractivity contribution is 0.102. The minimum Gasteiger partial charge on any atom is -0.320 e. The summed E-state index contributed by atoms with van der Waals surface area (Å²) < 4.78 is 1.79. The molecule has 6 nitrogen and oxygen atoms in total. The maximum atomic E-state index is 12.5. The van der Waals surface area contributed by atoms with Crippen molar-refractivity contribution in [2.24, 2.45) is 7.05 Å². The van der Waals surface area contributed by atoms with Crippen LogP contribution in [0.2, 0.25) is 0 Å². The second-order valence-electron chi connectivity index (χ2n) is 6.92. The molecule has 1 N–H and O–H groups in total. The van der Waals surface area contributed by atoms with Gasteiger partial charge in [-0.3, -0.25) is 19.9 Å². The summed E-state index contributed by atoms with van der Waals surface area (Å²) in [6, 6.07) is 8.55. The molecule has 140 valence electrons. The van der Waals surface area contributed by atoms with Crippen LogP contribution in [0.5, 0.6) is 0 Å². The van der Waals surface area contributed by atoms with Gasteiger partial charge in [0, 0.05) is 50.7 Å². The predicted molar refractivity (Wildman–Crippen MR) is 104 cm³/mol. The third-order valence-electron chi connectivity index (χ3n) is 5.22. The molecule has 1 aliphatic heterocycles. The van der Waals surface area contributed by atoms with Gasteiger partial charge in [0.25, 0.3) is 5.91 Å². The molecule has 0 unspecified atom stereocenters. The average Bonchev–Trinajstić information content (AvgIpc) is 3.26. The van der Waals surface area contributed by atoms with Gasteiger partial charge in [0.15, 0.2) is 0 Å². The maximum Gasteiger partial charge on any atom is 0.257 e. The number of rotatable bonds is 7. The van der Waals surface area contributed by atoms with Crippen LogP contribution in [0.1, 0.15) is 36.2 Å². The van der Waals surface area contributed by atoms with Gasteiger partial charge in [0.05, 0.1) is 0 Å². The van der Waals surface area contributed by atoms with Crippen LogP contribution in [0, 0.1) is 0 Å². The number of carbonyl (C=O) groups excluding carboxylic acids is 1. The summed E-state index contributed by atoms with van der Waals surface area (Å²) in [5.41, 5.74) is 1.85. The molecular weight excluding hydrogens is 326 g/mol. The van der Waals surface area contributed by atoms with E-state index in [0.717, 1.165) is 32.7 Å². The van der Waals surface area contributed by atoms with Crippen LogP contribution in [0.15, 0.2) is 36.7 Å². The molecule has 6 heteroatoms. The van der Waals surface area contributed by atoms with Gasteiger partial charge in [-0.15, -0.1) is 0 Å². The molecule has 2 heterocycles. The lowest BCUT2D eigenvalue weighted by Gasteiger charge is -2.26. The van der Waals surface area contributed by atoms with Gasteiger partial charge < -0.3 is 4.57 Å². The highest BCUT2D eigenvalue weighted by Crippen LogP contribution is 2.19. The van der Waals surface area contributed by atoms with Crippen LogP contribution in [-0.2, 0) is 13.6 Å². The Morgan fingerprint density at radius 2 is 2.15 bits per heavy atom. The summed E-state index contributed by atoms with van der Waals surface area (Å²) in [7, 11) is 1.86. The van der Waals surface area contributed by atoms with Crippen molar-refractivity contribution in [1.82, 2.24) is 19.4 Å². The molecule has 0 bridgehead atoms. The van der Waals surface area contributed by atoms with Gasteiger partial charge in [-0.25, -0.2) is 4.98 Å². The fourth-order valence-corrected chi connectivity index (χ4v) is 3.72. The Balaban J connectivity index is 1.61. The smallest absolute Gasteiger partial charge is 0.257 e. The third kappa shape index (κ3) is 4.31. The van der Waals surface area contributed by atoms with E-state index in [1.54, 1.807) is 10.8 Å². The van der Waals surface area contributed by atoms with Crippen LogP contribution in [0.3, 0.4) is 0 Å². The predicted octanol–water partition coefficient (Wildman–Crippen LogP) is 2.59. The van der Waals surface area contributed by atoms with E-state index in [0.29, 0.717) is 17.6 Å². The van der Waals surface area contributed by atoms with Crippen LogP contribution in [0.4, 0.5) is 5.95 Å². The van der Waals surface area contributed by atoms with Gasteiger partial charge in [-0.2, -0.15) is 0 Å². The summed E-state index contributed by atoms with van der Waals surface area (Å²) in [6.45, 7) is 9.79. The second-order valence-corrected chi connectivity index (χ2v) is 6.92. The zero-order valence-corrected chi connectivity index (χ0v) is 16.0. The Labute approximate surface area is 155 Å². The highest BCUT2D eigenvalue weighted by molar-refractivity contribution is 6.03. The van der Waals surface area contributed by atoms with Gasteiger partial charge in [0.1, 0.15) is 0 Å². The van der Waals surface area contributed by atoms with E-state index in [1.807, 2.05) is 31.4 Å². The maximum absolute atomic E-state index is 12.5. The Morgan fingerprint density at radius 3 is 2.85 bits per heavy atom. The van der Waals surface area contributed by atoms with Crippen molar-refractivity contribution in [3.63, 3.8) is 0 Å². The first-order valence-electron chi connectivity index (χ1n) is 9.44. The number of carbonyl (C=O) groups is 1. The third-order valence-corrected chi connectivity index (χ3v) is 5.22. The summed E-state index contributed by atoms with van der Waals surface area (Å²) in [6.07, 6.45) is 4.71. The average molecular weight is 355 g/mol. The van der Waals surface area contributed by atoms with Gasteiger partial charge in [0.2, 0.25) is 5.95 Å². The van der Waals surface area contributed by atoms with Crippen molar-refractivity contribution in [3.8, 4) is 0 Å². The van der Waals surface area contributed by atoms with Crippen molar-refractivity contribution >= 4 is 11.9 Å². The summed E-state index contributed by atoms with van der Waals surface area (Å²) >= 11 is 0. The van der Waals surface area contributed by atoms with Crippen molar-refractivity contribution < 1.29 is 4.79 Å². The summed E-state index contributed by atoms with van der Waals surface area (Å²) in [4.78, 5) is 21.7. The molecule has 1 atom stereocenters. The molecule has 0 aliphatic carbocycles. The van der Waals surface area contributed by atoms with Crippen LogP contribution < -0.4 is 5.32 Å². The Morgan fingerprint density at radius 1 is 1.35 bits per heavy atom. The lowest BCUT2D eigenvalue weighted by atomic mass is 10.1. The molecule has 2 aromatic rings. The first-order chi connectivity index (χ1) is 12.6. The minimum absolute atomic E-state index is 0.122. The number of imidazole rings is 1. The quantitative estimate of drug-likeness (QED) is 0.829. The Hall–Kier alpha value is -2.18. The molecule has 1 amide bonds. The highest BCUT2D eigenvalue weighted by atomic mass is 16.1. The van der Waals surface area contributed by atoms with Crippen molar-refractivity contribution in [3.05, 3.63) is 47.8 Å². The molecule has 26 heavy (non-hydrogen) atoms. The number of anilines is 1. The van der Waals surface area contributed by atoms with Crippen molar-refractivity contribution in [2.45, 2.75) is 32.9 Å². The Bertz CT molecular complexity index is 737. The molecule has 1 aromatic heterocycles. The van der Waals surface area contributed by atoms with Gasteiger partial charge in [-0.05, 0) is 37.2 Å². The zero-order chi connectivity index (χ0) is 18.5. The first-order valence-corrected chi connectivity index (χ1v) is 9.44. The van der Waals surface area contributed by atoms with E-state index >= 15 is 0 Å². The number of aromatic nitrogens is 2. The van der Waals surface area contributed by atoms with E-state index in [-0.39, 0.29) is 5.91 Å². The lowest BCUT2D eigenvalue weighted by Crippen LogP contribution is -2.37. The molecule has 1 fully saturated rings. The normalized spacial score (nSPS) is 17.8. The number of hydrogen-bond donors (Lipinski definition) is 1. The van der Waals surface area contributed by atoms with Crippen molar-refractivity contribution in [2.75, 3.05) is 31.5 Å². The van der Waals surface area contributed by atoms with E-state index in [1.165, 1.54) is 12.0 Å². The number of likely N-dealkylation sites (tertiary alicyclic amines) is 1. The summed E-state index contributed by atoms with van der Waals surface area (Å²) in [5.74, 6) is 0.436. The largest absolute Gasteiger partial charge is 0.320 e.